The maximum absolute atomic E-state index is 9.71. The van der Waals surface area contributed by atoms with Crippen LogP contribution in [0.2, 0.25) is 0 Å². The van der Waals surface area contributed by atoms with Crippen molar-refractivity contribution in [3.63, 3.8) is 0 Å². The van der Waals surface area contributed by atoms with Crippen molar-refractivity contribution in [3.8, 4) is 5.75 Å². The first-order valence-electron chi connectivity index (χ1n) is 6.44. The summed E-state index contributed by atoms with van der Waals surface area (Å²) in [5.74, 6) is 0.209. The Kier molecular flexibility index (Phi) is 5.40. The van der Waals surface area contributed by atoms with Crippen LogP contribution in [0, 0.1) is 0 Å². The van der Waals surface area contributed by atoms with Crippen LogP contribution in [0.4, 0.5) is 5.69 Å². The molecule has 0 bridgehead atoms. The van der Waals surface area contributed by atoms with Gasteiger partial charge in [-0.3, -0.25) is 0 Å². The Morgan fingerprint density at radius 1 is 1.10 bits per heavy atom. The first-order valence-corrected chi connectivity index (χ1v) is 7.66. The van der Waals surface area contributed by atoms with Gasteiger partial charge < -0.3 is 5.11 Å². The maximum atomic E-state index is 9.71. The fourth-order valence-electron chi connectivity index (χ4n) is 1.66. The van der Waals surface area contributed by atoms with Crippen molar-refractivity contribution in [2.75, 3.05) is 13.3 Å². The van der Waals surface area contributed by atoms with Crippen molar-refractivity contribution in [3.05, 3.63) is 60.2 Å². The quantitative estimate of drug-likeness (QED) is 0.534. The van der Waals surface area contributed by atoms with E-state index in [2.05, 4.69) is 10.1 Å². The number of aliphatic imine (C=N–C) groups is 1. The van der Waals surface area contributed by atoms with Gasteiger partial charge in [0.25, 0.3) is 0 Å². The molecule has 0 unspecified atom stereocenters. The second-order valence-corrected chi connectivity index (χ2v) is 5.03. The maximum Gasteiger partial charge on any atom is 0.184 e. The van der Waals surface area contributed by atoms with Gasteiger partial charge in [0, 0.05) is 12.6 Å². The van der Waals surface area contributed by atoms with E-state index in [0.717, 1.165) is 10.9 Å². The Balaban J connectivity index is 2.16. The monoisotopic (exact) mass is 299 g/mol. The number of para-hydroxylation sites is 2. The van der Waals surface area contributed by atoms with E-state index in [1.54, 1.807) is 29.4 Å². The van der Waals surface area contributed by atoms with Crippen LogP contribution in [-0.4, -0.2) is 34.8 Å². The van der Waals surface area contributed by atoms with E-state index in [-0.39, 0.29) is 5.75 Å². The van der Waals surface area contributed by atoms with Crippen molar-refractivity contribution < 1.29 is 5.11 Å². The largest absolute Gasteiger partial charge is 0.507 e. The molecule has 2 rings (SSSR count). The number of rotatable bonds is 3. The van der Waals surface area contributed by atoms with Gasteiger partial charge in [-0.15, -0.1) is 0 Å². The lowest BCUT2D eigenvalue weighted by Gasteiger charge is -2.13. The average molecular weight is 299 g/mol. The van der Waals surface area contributed by atoms with Gasteiger partial charge in [0.2, 0.25) is 0 Å². The van der Waals surface area contributed by atoms with E-state index in [0.29, 0.717) is 5.56 Å². The first kappa shape index (κ1) is 15.1. The second kappa shape index (κ2) is 7.50. The third-order valence-electron chi connectivity index (χ3n) is 2.75. The van der Waals surface area contributed by atoms with E-state index in [1.165, 1.54) is 11.8 Å². The summed E-state index contributed by atoms with van der Waals surface area (Å²) in [4.78, 5) is 4.54. The van der Waals surface area contributed by atoms with Gasteiger partial charge in [0.05, 0.1) is 11.9 Å². The normalized spacial score (nSPS) is 11.8. The average Bonchev–Trinajstić information content (AvgIpc) is 2.52. The Bertz CT molecular complexity index is 641. The molecule has 0 amide bonds. The van der Waals surface area contributed by atoms with Gasteiger partial charge in [-0.2, -0.15) is 5.10 Å². The van der Waals surface area contributed by atoms with Crippen LogP contribution in [0.15, 0.2) is 64.7 Å². The molecule has 0 heterocycles. The molecule has 5 heteroatoms. The molecule has 108 valence electrons. The standard InChI is InChI=1S/C16H17N3OS/c1-19(17-12-13-8-6-7-11-15(13)20)16(21-2)18-14-9-4-3-5-10-14/h3-12,20H,1-2H3/b17-12+,18-16?. The summed E-state index contributed by atoms with van der Waals surface area (Å²) in [6.45, 7) is 0. The number of hydrogen-bond donors (Lipinski definition) is 1. The van der Waals surface area contributed by atoms with Crippen LogP contribution in [0.3, 0.4) is 0 Å². The molecule has 0 atom stereocenters. The minimum atomic E-state index is 0.209. The molecule has 0 saturated heterocycles. The predicted octanol–water partition coefficient (Wildman–Crippen LogP) is 3.71. The molecule has 2 aromatic carbocycles. The molecule has 0 aliphatic heterocycles. The smallest absolute Gasteiger partial charge is 0.184 e. The van der Waals surface area contributed by atoms with Crippen LogP contribution in [0.5, 0.6) is 5.75 Å². The minimum Gasteiger partial charge on any atom is -0.507 e. The summed E-state index contributed by atoms with van der Waals surface area (Å²) >= 11 is 1.51. The molecule has 0 saturated carbocycles. The number of phenolic OH excluding ortho intramolecular Hbond substituents is 1. The fourth-order valence-corrected chi connectivity index (χ4v) is 2.17. The Morgan fingerprint density at radius 2 is 1.76 bits per heavy atom. The number of aromatic hydroxyl groups is 1. The molecule has 4 nitrogen and oxygen atoms in total. The molecule has 0 aliphatic carbocycles. The molecular formula is C16H17N3OS. The lowest BCUT2D eigenvalue weighted by atomic mass is 10.2. The number of benzene rings is 2. The molecule has 21 heavy (non-hydrogen) atoms. The molecule has 0 fully saturated rings. The van der Waals surface area contributed by atoms with Gasteiger partial charge in [-0.05, 0) is 30.5 Å². The molecular weight excluding hydrogens is 282 g/mol. The first-order chi connectivity index (χ1) is 10.2. The number of phenols is 1. The van der Waals surface area contributed by atoms with E-state index in [9.17, 15) is 5.11 Å². The summed E-state index contributed by atoms with van der Waals surface area (Å²) < 4.78 is 0. The van der Waals surface area contributed by atoms with Gasteiger partial charge in [-0.25, -0.2) is 10.0 Å². The van der Waals surface area contributed by atoms with E-state index < -0.39 is 0 Å². The number of amidine groups is 1. The highest BCUT2D eigenvalue weighted by molar-refractivity contribution is 8.13. The lowest BCUT2D eigenvalue weighted by Crippen LogP contribution is -2.17. The van der Waals surface area contributed by atoms with E-state index >= 15 is 0 Å². The number of hydrazone groups is 1. The zero-order valence-electron chi connectivity index (χ0n) is 12.0. The van der Waals surface area contributed by atoms with Crippen molar-refractivity contribution in [1.29, 1.82) is 0 Å². The molecule has 2 aromatic rings. The number of nitrogens with zero attached hydrogens (tertiary/aromatic N) is 3. The van der Waals surface area contributed by atoms with Crippen molar-refractivity contribution in [2.24, 2.45) is 10.1 Å². The minimum absolute atomic E-state index is 0.209. The van der Waals surface area contributed by atoms with E-state index in [4.69, 9.17) is 0 Å². The highest BCUT2D eigenvalue weighted by Crippen LogP contribution is 2.16. The third kappa shape index (κ3) is 4.36. The van der Waals surface area contributed by atoms with Gasteiger partial charge in [0.1, 0.15) is 5.75 Å². The van der Waals surface area contributed by atoms with Gasteiger partial charge in [0.15, 0.2) is 5.17 Å². The van der Waals surface area contributed by atoms with Crippen molar-refractivity contribution >= 4 is 28.8 Å². The van der Waals surface area contributed by atoms with Crippen LogP contribution >= 0.6 is 11.8 Å². The summed E-state index contributed by atoms with van der Waals surface area (Å²) in [7, 11) is 1.83. The molecule has 0 spiro atoms. The number of thioether (sulfide) groups is 1. The Hall–Kier alpha value is -2.27. The molecule has 0 aliphatic rings. The van der Waals surface area contributed by atoms with Crippen molar-refractivity contribution in [1.82, 2.24) is 5.01 Å². The number of hydrogen-bond acceptors (Lipinski definition) is 4. The summed E-state index contributed by atoms with van der Waals surface area (Å²) in [5.41, 5.74) is 1.55. The summed E-state index contributed by atoms with van der Waals surface area (Å²) in [6, 6.07) is 16.8. The summed E-state index contributed by atoms with van der Waals surface area (Å²) in [6.07, 6.45) is 3.57. The SMILES string of the molecule is CSC(=Nc1ccccc1)N(C)/N=C/c1ccccc1O. The van der Waals surface area contributed by atoms with Crippen LogP contribution < -0.4 is 0 Å². The molecule has 1 N–H and O–H groups in total. The molecule has 0 aromatic heterocycles. The van der Waals surface area contributed by atoms with Crippen LogP contribution in [0.25, 0.3) is 0 Å². The topological polar surface area (TPSA) is 48.2 Å². The highest BCUT2D eigenvalue weighted by Gasteiger charge is 2.04. The Morgan fingerprint density at radius 3 is 2.43 bits per heavy atom. The highest BCUT2D eigenvalue weighted by atomic mass is 32.2. The van der Waals surface area contributed by atoms with E-state index in [1.807, 2.05) is 49.7 Å². The van der Waals surface area contributed by atoms with Gasteiger partial charge >= 0.3 is 0 Å². The zero-order valence-corrected chi connectivity index (χ0v) is 12.8. The van der Waals surface area contributed by atoms with Crippen LogP contribution in [-0.2, 0) is 0 Å². The van der Waals surface area contributed by atoms with Crippen LogP contribution in [0.1, 0.15) is 5.56 Å². The van der Waals surface area contributed by atoms with Crippen molar-refractivity contribution in [2.45, 2.75) is 0 Å². The summed E-state index contributed by atoms with van der Waals surface area (Å²) in [5, 5.41) is 16.5. The zero-order chi connectivity index (χ0) is 15.1. The van der Waals surface area contributed by atoms with Gasteiger partial charge in [-0.1, -0.05) is 42.1 Å². The lowest BCUT2D eigenvalue weighted by molar-refractivity contribution is 0.474. The third-order valence-corrected chi connectivity index (χ3v) is 3.47. The predicted molar refractivity (Wildman–Crippen MR) is 90.5 cm³/mol. The molecule has 0 radical (unpaired) electrons. The Labute approximate surface area is 128 Å². The fraction of sp³-hybridized carbons (Fsp3) is 0.125. The second-order valence-electron chi connectivity index (χ2n) is 4.26.